The molecule has 0 saturated heterocycles. The van der Waals surface area contributed by atoms with Crippen LogP contribution in [0.4, 0.5) is 0 Å². The molecule has 0 atom stereocenters. The van der Waals surface area contributed by atoms with Gasteiger partial charge in [-0.05, 0) is 16.8 Å². The minimum Gasteiger partial charge on any atom is -0.389 e. The van der Waals surface area contributed by atoms with Gasteiger partial charge in [0, 0.05) is 10.8 Å². The summed E-state index contributed by atoms with van der Waals surface area (Å²) in [6.07, 6.45) is 10.6. The van der Waals surface area contributed by atoms with Crippen molar-refractivity contribution in [1.82, 2.24) is 39.5 Å². The van der Waals surface area contributed by atoms with E-state index in [0.29, 0.717) is 11.6 Å². The third kappa shape index (κ3) is 3.23. The molecule has 5 rings (SSSR count). The number of pyridine rings is 2. The third-order valence-electron chi connectivity index (χ3n) is 6.83. The molecule has 8 bridgehead atoms. The summed E-state index contributed by atoms with van der Waals surface area (Å²) in [7, 11) is 0. The molecule has 0 saturated carbocycles. The summed E-state index contributed by atoms with van der Waals surface area (Å²) in [4.78, 5) is 18.2. The van der Waals surface area contributed by atoms with Crippen molar-refractivity contribution in [3.05, 3.63) is 72.4 Å². The van der Waals surface area contributed by atoms with Crippen LogP contribution in [0, 0.1) is 12.1 Å². The van der Waals surface area contributed by atoms with Crippen LogP contribution in [-0.4, -0.2) is 39.5 Å². The van der Waals surface area contributed by atoms with Crippen LogP contribution in [0.3, 0.4) is 0 Å². The van der Waals surface area contributed by atoms with Gasteiger partial charge in [0.05, 0.1) is 0 Å². The van der Waals surface area contributed by atoms with Gasteiger partial charge in [-0.15, -0.1) is 23.3 Å². The molecular weight excluding hydrogens is 583 g/mol. The molecule has 0 spiro atoms. The average Bonchev–Trinajstić information content (AvgIpc) is 3.44. The molecule has 9 heteroatoms. The van der Waals surface area contributed by atoms with E-state index in [1.54, 1.807) is 34.4 Å². The third-order valence-corrected chi connectivity index (χ3v) is 6.83. The van der Waals surface area contributed by atoms with Crippen molar-refractivity contribution in [2.75, 3.05) is 0 Å². The Morgan fingerprint density at radius 1 is 0.656 bits per heavy atom. The molecule has 1 aliphatic rings. The Hall–Kier alpha value is -2.73. The maximum Gasteiger partial charge on any atom is 2.00 e. The Labute approximate surface area is 201 Å². The quantitative estimate of drug-likeness (QED) is 0.286. The zero-order valence-corrected chi connectivity index (χ0v) is 21.1. The van der Waals surface area contributed by atoms with Gasteiger partial charge in [0.2, 0.25) is 0 Å². The molecule has 0 radical (unpaired) electrons. The van der Waals surface area contributed by atoms with Gasteiger partial charge in [-0.2, -0.15) is 10.2 Å². The first kappa shape index (κ1) is 22.5. The number of nitrogens with zero attached hydrogens (tertiary/aromatic N) is 8. The minimum absolute atomic E-state index is 0. The topological polar surface area (TPSA) is 87.2 Å². The van der Waals surface area contributed by atoms with E-state index < -0.39 is 16.2 Å². The standard InChI is InChI=1S/C23H24N8.Pt/c1-21(2)15-7-17(11-24-9-15)30-13-26-19(28-30)22(3,4)23(5,6)20-27-14-31(29-20)18-8-16(21)10-25-12-18;/h9-14H,1-6H3;/q-2;+2. The van der Waals surface area contributed by atoms with E-state index in [2.05, 4.69) is 73.6 Å². The fraction of sp³-hybridized carbons (Fsp3) is 0.391. The molecule has 0 N–H and O–H groups in total. The average molecular weight is 608 g/mol. The zero-order chi connectivity index (χ0) is 22.0. The first-order valence-corrected chi connectivity index (χ1v) is 10.2. The summed E-state index contributed by atoms with van der Waals surface area (Å²) < 4.78 is 3.45. The largest absolute Gasteiger partial charge is 2.00 e. The summed E-state index contributed by atoms with van der Waals surface area (Å²) in [5.74, 6) is 1.41. The molecule has 0 fully saturated rings. The van der Waals surface area contributed by atoms with Crippen LogP contribution in [0.1, 0.15) is 64.3 Å². The van der Waals surface area contributed by atoms with Crippen molar-refractivity contribution in [3.8, 4) is 11.4 Å². The normalized spacial score (nSPS) is 17.6. The molecule has 0 aliphatic carbocycles. The van der Waals surface area contributed by atoms with Crippen molar-refractivity contribution < 1.29 is 21.1 Å². The van der Waals surface area contributed by atoms with Gasteiger partial charge in [0.25, 0.3) is 0 Å². The van der Waals surface area contributed by atoms with E-state index in [1.807, 2.05) is 12.4 Å². The number of hydrogen-bond acceptors (Lipinski definition) is 6. The van der Waals surface area contributed by atoms with Crippen LogP contribution in [0.25, 0.3) is 11.4 Å². The van der Waals surface area contributed by atoms with E-state index in [4.69, 9.17) is 10.2 Å². The minimum atomic E-state index is -0.446. The summed E-state index contributed by atoms with van der Waals surface area (Å²) >= 11 is 0. The second kappa shape index (κ2) is 7.41. The van der Waals surface area contributed by atoms with Crippen LogP contribution in [0.15, 0.2) is 37.4 Å². The smallest absolute Gasteiger partial charge is 0.389 e. The van der Waals surface area contributed by atoms with Gasteiger partial charge in [0.1, 0.15) is 12.7 Å². The maximum atomic E-state index is 4.79. The van der Waals surface area contributed by atoms with E-state index in [1.165, 1.54) is 0 Å². The Bertz CT molecular complexity index is 1190. The number of aromatic nitrogens is 8. The van der Waals surface area contributed by atoms with Crippen LogP contribution in [0.5, 0.6) is 0 Å². The van der Waals surface area contributed by atoms with Gasteiger partial charge in [0.15, 0.2) is 11.6 Å². The van der Waals surface area contributed by atoms with Gasteiger partial charge >= 0.3 is 21.1 Å². The molecule has 5 heterocycles. The second-order valence-electron chi connectivity index (χ2n) is 9.56. The summed E-state index contributed by atoms with van der Waals surface area (Å²) in [5, 5.41) is 9.59. The fourth-order valence-electron chi connectivity index (χ4n) is 3.67. The molecule has 4 aromatic rings. The number of rotatable bonds is 0. The van der Waals surface area contributed by atoms with Gasteiger partial charge in [-0.25, -0.2) is 19.3 Å². The van der Waals surface area contributed by atoms with Crippen molar-refractivity contribution in [2.24, 2.45) is 0 Å². The molecule has 0 amide bonds. The first-order chi connectivity index (χ1) is 14.6. The Kier molecular flexibility index (Phi) is 5.20. The van der Waals surface area contributed by atoms with Crippen molar-refractivity contribution in [2.45, 2.75) is 57.8 Å². The monoisotopic (exact) mass is 607 g/mol. The SMILES string of the molecule is CC1(C)c2[c-]c(cnc2)-n2cnc(n2)C(C)(C)C(C)(C)c2ncn(n2)-c2[c-]c1cnc2.[Pt+2]. The summed E-state index contributed by atoms with van der Waals surface area (Å²) in [6, 6.07) is 6.94. The molecular formula is C23H24N8Pt. The fourth-order valence-corrected chi connectivity index (χ4v) is 3.67. The van der Waals surface area contributed by atoms with E-state index >= 15 is 0 Å². The van der Waals surface area contributed by atoms with E-state index in [9.17, 15) is 0 Å². The van der Waals surface area contributed by atoms with Gasteiger partial charge < -0.3 is 9.97 Å². The van der Waals surface area contributed by atoms with Crippen LogP contribution < -0.4 is 0 Å². The molecule has 1 aliphatic heterocycles. The van der Waals surface area contributed by atoms with Crippen molar-refractivity contribution in [1.29, 1.82) is 0 Å². The molecule has 4 aromatic heterocycles. The van der Waals surface area contributed by atoms with Crippen molar-refractivity contribution >= 4 is 0 Å². The van der Waals surface area contributed by atoms with Gasteiger partial charge in [-0.3, -0.25) is 0 Å². The van der Waals surface area contributed by atoms with Crippen LogP contribution >= 0.6 is 0 Å². The van der Waals surface area contributed by atoms with Crippen LogP contribution in [0.2, 0.25) is 0 Å². The van der Waals surface area contributed by atoms with Gasteiger partial charge in [-0.1, -0.05) is 66.3 Å². The Balaban J connectivity index is 0.00000245. The van der Waals surface area contributed by atoms with E-state index in [0.717, 1.165) is 22.5 Å². The Morgan fingerprint density at radius 2 is 1.06 bits per heavy atom. The van der Waals surface area contributed by atoms with Crippen LogP contribution in [-0.2, 0) is 37.3 Å². The predicted octanol–water partition coefficient (Wildman–Crippen LogP) is 3.13. The maximum absolute atomic E-state index is 4.79. The molecule has 0 aromatic carbocycles. The molecule has 0 unspecified atom stereocenters. The van der Waals surface area contributed by atoms with E-state index in [-0.39, 0.29) is 21.1 Å². The zero-order valence-electron chi connectivity index (χ0n) is 18.9. The summed E-state index contributed by atoms with van der Waals surface area (Å²) in [5.41, 5.74) is 1.96. The number of hydrogen-bond donors (Lipinski definition) is 0. The Morgan fingerprint density at radius 3 is 1.47 bits per heavy atom. The molecule has 8 nitrogen and oxygen atoms in total. The molecule has 32 heavy (non-hydrogen) atoms. The summed E-state index contributed by atoms with van der Waals surface area (Å²) in [6.45, 7) is 12.7. The predicted molar refractivity (Wildman–Crippen MR) is 114 cm³/mol. The second-order valence-corrected chi connectivity index (χ2v) is 9.56. The number of fused-ring (bicyclic) bond motifs is 10. The van der Waals surface area contributed by atoms with Crippen molar-refractivity contribution in [3.63, 3.8) is 0 Å². The molecule has 166 valence electrons. The first-order valence-electron chi connectivity index (χ1n) is 10.2.